The lowest BCUT2D eigenvalue weighted by atomic mass is 10.2. The molecule has 0 aliphatic heterocycles. The molecule has 0 amide bonds. The predicted molar refractivity (Wildman–Crippen MR) is 66.0 cm³/mol. The summed E-state index contributed by atoms with van der Waals surface area (Å²) in [6.07, 6.45) is 3.48. The van der Waals surface area contributed by atoms with Gasteiger partial charge in [-0.2, -0.15) is 0 Å². The molecule has 0 bridgehead atoms. The van der Waals surface area contributed by atoms with Gasteiger partial charge in [0, 0.05) is 31.3 Å². The van der Waals surface area contributed by atoms with E-state index in [0.717, 1.165) is 6.08 Å². The molecule has 0 aliphatic carbocycles. The molecule has 0 atom stereocenters. The molecule has 3 N–H and O–H groups in total. The topological polar surface area (TPSA) is 104 Å². The Bertz CT molecular complexity index is 282. The molecule has 0 rings (SSSR count). The van der Waals surface area contributed by atoms with E-state index in [9.17, 15) is 9.59 Å². The number of carbonyl (C=O) groups excluding carboxylic acids is 1. The summed E-state index contributed by atoms with van der Waals surface area (Å²) in [6.45, 7) is 5.02. The van der Waals surface area contributed by atoms with Gasteiger partial charge in [0.25, 0.3) is 0 Å². The smallest absolute Gasteiger partial charge is 0.330 e. The lowest BCUT2D eigenvalue weighted by molar-refractivity contribution is -0.138. The minimum absolute atomic E-state index is 0.00458. The first-order chi connectivity index (χ1) is 8.49. The van der Waals surface area contributed by atoms with E-state index in [-0.39, 0.29) is 25.4 Å². The average molecular weight is 260 g/mol. The van der Waals surface area contributed by atoms with E-state index < -0.39 is 11.9 Å². The molecule has 0 saturated carbocycles. The van der Waals surface area contributed by atoms with Crippen LogP contribution in [0.25, 0.3) is 0 Å². The molecule has 0 fully saturated rings. The van der Waals surface area contributed by atoms with Crippen molar-refractivity contribution < 1.29 is 29.6 Å². The second kappa shape index (κ2) is 13.4. The van der Waals surface area contributed by atoms with Gasteiger partial charge < -0.3 is 20.1 Å². The molecule has 6 heteroatoms. The highest BCUT2D eigenvalue weighted by Crippen LogP contribution is 1.93. The molecule has 0 saturated heterocycles. The van der Waals surface area contributed by atoms with E-state index in [1.807, 2.05) is 0 Å². The zero-order valence-corrected chi connectivity index (χ0v) is 10.5. The summed E-state index contributed by atoms with van der Waals surface area (Å²) in [5.41, 5.74) is 0.282. The van der Waals surface area contributed by atoms with Crippen LogP contribution in [0.4, 0.5) is 0 Å². The quantitative estimate of drug-likeness (QED) is 0.350. The van der Waals surface area contributed by atoms with Crippen LogP contribution in [0.15, 0.2) is 24.3 Å². The highest BCUT2D eigenvalue weighted by Gasteiger charge is 1.96. The fourth-order valence-electron chi connectivity index (χ4n) is 0.665. The number of aliphatic hydroxyl groups excluding tert-OH is 2. The van der Waals surface area contributed by atoms with Gasteiger partial charge in [0.15, 0.2) is 0 Å². The maximum atomic E-state index is 10.3. The molecule has 0 spiro atoms. The highest BCUT2D eigenvalue weighted by atomic mass is 16.5. The summed E-state index contributed by atoms with van der Waals surface area (Å²) in [7, 11) is 0. The van der Waals surface area contributed by atoms with Crippen molar-refractivity contribution in [1.82, 2.24) is 0 Å². The maximum absolute atomic E-state index is 10.3. The number of ether oxygens (including phenoxy) is 1. The van der Waals surface area contributed by atoms with E-state index in [2.05, 4.69) is 11.3 Å². The van der Waals surface area contributed by atoms with Crippen molar-refractivity contribution in [3.05, 3.63) is 24.3 Å². The fourth-order valence-corrected chi connectivity index (χ4v) is 0.665. The van der Waals surface area contributed by atoms with Crippen LogP contribution in [-0.4, -0.2) is 47.1 Å². The fraction of sp³-hybridized carbons (Fsp3) is 0.500. The second-order valence-electron chi connectivity index (χ2n) is 3.15. The van der Waals surface area contributed by atoms with Gasteiger partial charge in [0.05, 0.1) is 6.61 Å². The Morgan fingerprint density at radius 1 is 1.28 bits per heavy atom. The molecule has 0 aromatic rings. The third kappa shape index (κ3) is 14.3. The molecule has 6 nitrogen and oxygen atoms in total. The first kappa shape index (κ1) is 18.7. The minimum Gasteiger partial charge on any atom is -0.478 e. The Balaban J connectivity index is 0. The number of aliphatic carboxylic acids is 1. The Morgan fingerprint density at radius 2 is 1.89 bits per heavy atom. The molecule has 0 unspecified atom stereocenters. The van der Waals surface area contributed by atoms with Crippen LogP contribution in [0.3, 0.4) is 0 Å². The molecular formula is C12H20O6. The molecular weight excluding hydrogens is 240 g/mol. The summed E-state index contributed by atoms with van der Waals surface area (Å²) in [4.78, 5) is 20.3. The average Bonchev–Trinajstić information content (AvgIpc) is 2.36. The Morgan fingerprint density at radius 3 is 2.28 bits per heavy atom. The number of carboxylic acid groups (broad SMARTS) is 1. The molecule has 0 aromatic heterocycles. The third-order valence-corrected chi connectivity index (χ3v) is 1.63. The van der Waals surface area contributed by atoms with Gasteiger partial charge in [-0.3, -0.25) is 0 Å². The van der Waals surface area contributed by atoms with E-state index >= 15 is 0 Å². The van der Waals surface area contributed by atoms with Crippen molar-refractivity contribution in [1.29, 1.82) is 0 Å². The molecule has 104 valence electrons. The van der Waals surface area contributed by atoms with Crippen LogP contribution >= 0.6 is 0 Å². The van der Waals surface area contributed by atoms with E-state index in [4.69, 9.17) is 15.3 Å². The summed E-state index contributed by atoms with van der Waals surface area (Å²) in [5.74, 6) is -1.37. The van der Waals surface area contributed by atoms with E-state index in [1.165, 1.54) is 13.0 Å². The van der Waals surface area contributed by atoms with Crippen molar-refractivity contribution >= 4 is 11.9 Å². The SMILES string of the molecule is C=CC(=O)OCCCO.CC(=CCCO)C(=O)O. The number of esters is 1. The molecule has 0 aliphatic rings. The Labute approximate surface area is 106 Å². The zero-order chi connectivity index (χ0) is 14.4. The maximum Gasteiger partial charge on any atom is 0.330 e. The van der Waals surface area contributed by atoms with Gasteiger partial charge in [-0.25, -0.2) is 9.59 Å². The predicted octanol–water partition coefficient (Wildman–Crippen LogP) is 0.498. The number of hydrogen-bond donors (Lipinski definition) is 3. The standard InChI is InChI=1S/2C6H10O3/c1-5(6(8)9)3-2-4-7;1-2-6(8)9-5-3-4-7/h3,7H,2,4H2,1H3,(H,8,9);2,7H,1,3-5H2. The van der Waals surface area contributed by atoms with Crippen molar-refractivity contribution in [2.75, 3.05) is 19.8 Å². The molecule has 0 heterocycles. The van der Waals surface area contributed by atoms with Gasteiger partial charge in [-0.05, 0) is 13.3 Å². The summed E-state index contributed by atoms with van der Waals surface area (Å²) >= 11 is 0. The van der Waals surface area contributed by atoms with Crippen LogP contribution in [0.5, 0.6) is 0 Å². The normalized spacial score (nSPS) is 10.1. The third-order valence-electron chi connectivity index (χ3n) is 1.63. The number of carboxylic acids is 1. The number of aliphatic hydroxyl groups is 2. The number of rotatable bonds is 7. The molecule has 18 heavy (non-hydrogen) atoms. The van der Waals surface area contributed by atoms with E-state index in [1.54, 1.807) is 0 Å². The number of carbonyl (C=O) groups is 2. The van der Waals surface area contributed by atoms with Gasteiger partial charge in [-0.15, -0.1) is 0 Å². The van der Waals surface area contributed by atoms with Crippen LogP contribution in [0, 0.1) is 0 Å². The Kier molecular flexibility index (Phi) is 13.9. The van der Waals surface area contributed by atoms with Crippen molar-refractivity contribution in [3.63, 3.8) is 0 Å². The van der Waals surface area contributed by atoms with Crippen LogP contribution in [-0.2, 0) is 14.3 Å². The first-order valence-electron chi connectivity index (χ1n) is 5.40. The second-order valence-corrected chi connectivity index (χ2v) is 3.15. The molecule has 0 aromatic carbocycles. The largest absolute Gasteiger partial charge is 0.478 e. The van der Waals surface area contributed by atoms with Crippen molar-refractivity contribution in [2.45, 2.75) is 19.8 Å². The van der Waals surface area contributed by atoms with Crippen LogP contribution in [0.2, 0.25) is 0 Å². The highest BCUT2D eigenvalue weighted by molar-refractivity contribution is 5.85. The molecule has 0 radical (unpaired) electrons. The lowest BCUT2D eigenvalue weighted by Gasteiger charge is -1.96. The zero-order valence-electron chi connectivity index (χ0n) is 10.5. The Hall–Kier alpha value is -1.66. The monoisotopic (exact) mass is 260 g/mol. The van der Waals surface area contributed by atoms with Gasteiger partial charge in [0.1, 0.15) is 0 Å². The number of hydrogen-bond acceptors (Lipinski definition) is 5. The van der Waals surface area contributed by atoms with Crippen molar-refractivity contribution in [2.24, 2.45) is 0 Å². The summed E-state index contributed by atoms with van der Waals surface area (Å²) in [5, 5.41) is 24.8. The van der Waals surface area contributed by atoms with E-state index in [0.29, 0.717) is 12.8 Å². The first-order valence-corrected chi connectivity index (χ1v) is 5.40. The van der Waals surface area contributed by atoms with Gasteiger partial charge in [-0.1, -0.05) is 12.7 Å². The van der Waals surface area contributed by atoms with Crippen LogP contribution in [0.1, 0.15) is 19.8 Å². The summed E-state index contributed by atoms with van der Waals surface area (Å²) < 4.78 is 4.51. The minimum atomic E-state index is -0.927. The summed E-state index contributed by atoms with van der Waals surface area (Å²) in [6, 6.07) is 0. The van der Waals surface area contributed by atoms with Gasteiger partial charge in [0.2, 0.25) is 0 Å². The van der Waals surface area contributed by atoms with Crippen LogP contribution < -0.4 is 0 Å². The van der Waals surface area contributed by atoms with Gasteiger partial charge >= 0.3 is 11.9 Å². The lowest BCUT2D eigenvalue weighted by Crippen LogP contribution is -2.02. The van der Waals surface area contributed by atoms with Crippen molar-refractivity contribution in [3.8, 4) is 0 Å².